The van der Waals surface area contributed by atoms with Crippen LogP contribution >= 0.6 is 0 Å². The second-order valence-electron chi connectivity index (χ2n) is 4.81. The van der Waals surface area contributed by atoms with E-state index in [1.807, 2.05) is 6.07 Å². The highest BCUT2D eigenvalue weighted by molar-refractivity contribution is 5.79. The monoisotopic (exact) mass is 256 g/mol. The number of aryl methyl sites for hydroxylation is 3. The molecule has 0 saturated heterocycles. The Morgan fingerprint density at radius 1 is 0.842 bits per heavy atom. The fourth-order valence-electron chi connectivity index (χ4n) is 2.53. The minimum Gasteiger partial charge on any atom is -0.493 e. The molecule has 0 unspecified atom stereocenters. The SMILES string of the molecule is COc1cc(C)cc(-c2c(C)cccc2C)c1OC. The fraction of sp³-hybridized carbons (Fsp3) is 0.294. The third-order valence-corrected chi connectivity index (χ3v) is 3.37. The summed E-state index contributed by atoms with van der Waals surface area (Å²) in [6.45, 7) is 6.31. The number of hydrogen-bond acceptors (Lipinski definition) is 2. The first-order valence-corrected chi connectivity index (χ1v) is 6.37. The number of rotatable bonds is 3. The van der Waals surface area contributed by atoms with Crippen LogP contribution in [0, 0.1) is 20.8 Å². The van der Waals surface area contributed by atoms with E-state index in [-0.39, 0.29) is 0 Å². The molecular weight excluding hydrogens is 236 g/mol. The maximum atomic E-state index is 5.56. The van der Waals surface area contributed by atoms with Crippen LogP contribution in [0.15, 0.2) is 30.3 Å². The molecule has 0 saturated carbocycles. The van der Waals surface area contributed by atoms with Crippen molar-refractivity contribution in [1.29, 1.82) is 0 Å². The van der Waals surface area contributed by atoms with Gasteiger partial charge in [0.2, 0.25) is 0 Å². The van der Waals surface area contributed by atoms with E-state index in [1.165, 1.54) is 16.7 Å². The first kappa shape index (κ1) is 13.5. The molecule has 0 spiro atoms. The smallest absolute Gasteiger partial charge is 0.168 e. The first-order valence-electron chi connectivity index (χ1n) is 6.37. The summed E-state index contributed by atoms with van der Waals surface area (Å²) in [4.78, 5) is 0. The largest absolute Gasteiger partial charge is 0.493 e. The Balaban J connectivity index is 2.78. The lowest BCUT2D eigenvalue weighted by Crippen LogP contribution is -1.97. The van der Waals surface area contributed by atoms with Crippen LogP contribution in [0.5, 0.6) is 11.5 Å². The minimum absolute atomic E-state index is 0.778. The zero-order chi connectivity index (χ0) is 14.0. The molecule has 2 nitrogen and oxygen atoms in total. The van der Waals surface area contributed by atoms with Crippen LogP contribution in [0.4, 0.5) is 0 Å². The Morgan fingerprint density at radius 3 is 2.00 bits per heavy atom. The quantitative estimate of drug-likeness (QED) is 0.815. The lowest BCUT2D eigenvalue weighted by molar-refractivity contribution is 0.356. The van der Waals surface area contributed by atoms with E-state index in [1.54, 1.807) is 14.2 Å². The topological polar surface area (TPSA) is 18.5 Å². The fourth-order valence-corrected chi connectivity index (χ4v) is 2.53. The van der Waals surface area contributed by atoms with E-state index in [0.717, 1.165) is 22.6 Å². The molecule has 0 amide bonds. The Morgan fingerprint density at radius 2 is 1.47 bits per heavy atom. The Hall–Kier alpha value is -1.96. The molecule has 0 heterocycles. The summed E-state index contributed by atoms with van der Waals surface area (Å²) in [6, 6.07) is 10.5. The molecule has 0 aromatic heterocycles. The van der Waals surface area contributed by atoms with Crippen molar-refractivity contribution in [2.24, 2.45) is 0 Å². The van der Waals surface area contributed by atoms with Crippen molar-refractivity contribution in [2.45, 2.75) is 20.8 Å². The van der Waals surface area contributed by atoms with Crippen LogP contribution in [0.2, 0.25) is 0 Å². The highest BCUT2D eigenvalue weighted by Crippen LogP contribution is 2.41. The van der Waals surface area contributed by atoms with Crippen molar-refractivity contribution in [3.05, 3.63) is 47.0 Å². The van der Waals surface area contributed by atoms with Gasteiger partial charge in [-0.1, -0.05) is 18.2 Å². The average Bonchev–Trinajstić information content (AvgIpc) is 2.37. The summed E-state index contributed by atoms with van der Waals surface area (Å²) in [6.07, 6.45) is 0. The van der Waals surface area contributed by atoms with E-state index < -0.39 is 0 Å². The Kier molecular flexibility index (Phi) is 3.79. The molecule has 2 aromatic carbocycles. The number of benzene rings is 2. The summed E-state index contributed by atoms with van der Waals surface area (Å²) in [5.41, 5.74) is 5.96. The van der Waals surface area contributed by atoms with Gasteiger partial charge in [0.25, 0.3) is 0 Å². The average molecular weight is 256 g/mol. The second-order valence-corrected chi connectivity index (χ2v) is 4.81. The standard InChI is InChI=1S/C17H20O2/c1-11-9-14(17(19-5)15(10-11)18-4)16-12(2)7-6-8-13(16)3/h6-10H,1-5H3. The van der Waals surface area contributed by atoms with Crippen LogP contribution in [0.1, 0.15) is 16.7 Å². The van der Waals surface area contributed by atoms with E-state index in [4.69, 9.17) is 9.47 Å². The van der Waals surface area contributed by atoms with Gasteiger partial charge < -0.3 is 9.47 Å². The van der Waals surface area contributed by atoms with Gasteiger partial charge in [0, 0.05) is 5.56 Å². The molecule has 0 aliphatic rings. The van der Waals surface area contributed by atoms with Crippen LogP contribution in [0.3, 0.4) is 0 Å². The van der Waals surface area contributed by atoms with Gasteiger partial charge in [-0.3, -0.25) is 0 Å². The summed E-state index contributed by atoms with van der Waals surface area (Å²) < 4.78 is 11.0. The van der Waals surface area contributed by atoms with Gasteiger partial charge in [0.15, 0.2) is 11.5 Å². The van der Waals surface area contributed by atoms with Crippen molar-refractivity contribution in [2.75, 3.05) is 14.2 Å². The minimum atomic E-state index is 0.778. The second kappa shape index (κ2) is 5.35. The van der Waals surface area contributed by atoms with Gasteiger partial charge >= 0.3 is 0 Å². The molecule has 2 heteroatoms. The number of methoxy groups -OCH3 is 2. The zero-order valence-corrected chi connectivity index (χ0v) is 12.2. The molecule has 0 aliphatic heterocycles. The van der Waals surface area contributed by atoms with Gasteiger partial charge in [-0.25, -0.2) is 0 Å². The van der Waals surface area contributed by atoms with Crippen LogP contribution in [-0.2, 0) is 0 Å². The van der Waals surface area contributed by atoms with E-state index in [2.05, 4.69) is 45.0 Å². The van der Waals surface area contributed by atoms with Crippen LogP contribution in [-0.4, -0.2) is 14.2 Å². The summed E-state index contributed by atoms with van der Waals surface area (Å²) in [5.74, 6) is 1.57. The third kappa shape index (κ3) is 2.43. The highest BCUT2D eigenvalue weighted by atomic mass is 16.5. The van der Waals surface area contributed by atoms with E-state index in [0.29, 0.717) is 0 Å². The predicted octanol–water partition coefficient (Wildman–Crippen LogP) is 4.30. The van der Waals surface area contributed by atoms with Crippen LogP contribution in [0.25, 0.3) is 11.1 Å². The van der Waals surface area contributed by atoms with E-state index >= 15 is 0 Å². The number of ether oxygens (including phenoxy) is 2. The first-order chi connectivity index (χ1) is 9.08. The third-order valence-electron chi connectivity index (χ3n) is 3.37. The molecule has 19 heavy (non-hydrogen) atoms. The lowest BCUT2D eigenvalue weighted by atomic mass is 9.93. The molecule has 0 bridgehead atoms. The lowest BCUT2D eigenvalue weighted by Gasteiger charge is -2.17. The molecule has 0 radical (unpaired) electrons. The highest BCUT2D eigenvalue weighted by Gasteiger charge is 2.15. The summed E-state index contributed by atoms with van der Waals surface area (Å²) in [7, 11) is 3.36. The molecule has 2 aromatic rings. The molecular formula is C17H20O2. The van der Waals surface area contributed by atoms with Crippen molar-refractivity contribution < 1.29 is 9.47 Å². The van der Waals surface area contributed by atoms with Crippen LogP contribution < -0.4 is 9.47 Å². The van der Waals surface area contributed by atoms with Crippen molar-refractivity contribution >= 4 is 0 Å². The summed E-state index contributed by atoms with van der Waals surface area (Å²) in [5, 5.41) is 0. The Labute approximate surface area is 115 Å². The van der Waals surface area contributed by atoms with Gasteiger partial charge in [-0.05, 0) is 55.2 Å². The summed E-state index contributed by atoms with van der Waals surface area (Å²) >= 11 is 0. The maximum absolute atomic E-state index is 5.56. The molecule has 2 rings (SSSR count). The molecule has 0 fully saturated rings. The predicted molar refractivity (Wildman–Crippen MR) is 79.2 cm³/mol. The van der Waals surface area contributed by atoms with Gasteiger partial charge in [-0.2, -0.15) is 0 Å². The van der Waals surface area contributed by atoms with Crippen molar-refractivity contribution in [1.82, 2.24) is 0 Å². The molecule has 0 N–H and O–H groups in total. The van der Waals surface area contributed by atoms with Crippen molar-refractivity contribution in [3.63, 3.8) is 0 Å². The zero-order valence-electron chi connectivity index (χ0n) is 12.2. The molecule has 0 atom stereocenters. The van der Waals surface area contributed by atoms with E-state index in [9.17, 15) is 0 Å². The van der Waals surface area contributed by atoms with Gasteiger partial charge in [0.05, 0.1) is 14.2 Å². The van der Waals surface area contributed by atoms with Gasteiger partial charge in [0.1, 0.15) is 0 Å². The molecule has 100 valence electrons. The maximum Gasteiger partial charge on any atom is 0.168 e. The normalized spacial score (nSPS) is 10.4. The number of hydrogen-bond donors (Lipinski definition) is 0. The van der Waals surface area contributed by atoms with Gasteiger partial charge in [-0.15, -0.1) is 0 Å². The molecule has 0 aliphatic carbocycles. The van der Waals surface area contributed by atoms with Crippen molar-refractivity contribution in [3.8, 4) is 22.6 Å². The Bertz CT molecular complexity index is 580.